The second-order valence-electron chi connectivity index (χ2n) is 9.65. The molecule has 2 heterocycles. The number of benzene rings is 2. The van der Waals surface area contributed by atoms with Gasteiger partial charge in [-0.15, -0.1) is 0 Å². The van der Waals surface area contributed by atoms with E-state index in [4.69, 9.17) is 4.74 Å². The summed E-state index contributed by atoms with van der Waals surface area (Å²) in [6, 6.07) is 11.9. The highest BCUT2D eigenvalue weighted by molar-refractivity contribution is 6.05. The van der Waals surface area contributed by atoms with E-state index in [-0.39, 0.29) is 5.91 Å². The van der Waals surface area contributed by atoms with Gasteiger partial charge in [-0.2, -0.15) is 0 Å². The van der Waals surface area contributed by atoms with Crippen molar-refractivity contribution in [3.63, 3.8) is 0 Å². The van der Waals surface area contributed by atoms with Crippen molar-refractivity contribution < 1.29 is 9.53 Å². The van der Waals surface area contributed by atoms with Crippen molar-refractivity contribution in [1.29, 1.82) is 0 Å². The number of aromatic nitrogens is 2. The van der Waals surface area contributed by atoms with E-state index in [1.807, 2.05) is 37.3 Å². The summed E-state index contributed by atoms with van der Waals surface area (Å²) >= 11 is 0. The van der Waals surface area contributed by atoms with Crippen LogP contribution in [0.25, 0.3) is 22.0 Å². The molecule has 1 fully saturated rings. The summed E-state index contributed by atoms with van der Waals surface area (Å²) in [5.41, 5.74) is 2.57. The third kappa shape index (κ3) is 6.78. The smallest absolute Gasteiger partial charge is 0.238 e. The van der Waals surface area contributed by atoms with Crippen LogP contribution in [0.3, 0.4) is 0 Å². The van der Waals surface area contributed by atoms with Crippen molar-refractivity contribution in [3.05, 3.63) is 48.4 Å². The van der Waals surface area contributed by atoms with Gasteiger partial charge in [0.05, 0.1) is 19.3 Å². The molecule has 2 aromatic carbocycles. The number of ether oxygens (including phenoxy) is 1. The van der Waals surface area contributed by atoms with Crippen LogP contribution >= 0.6 is 0 Å². The first-order valence-corrected chi connectivity index (χ1v) is 12.8. The standard InChI is InChI=1S/C28H38N6O2/c1-5-27-29-10-9-25(30-27)22-17-21-7-8-23(36-4)19-24(21)26(18-22)31-28(35)20-34-15-13-33(14-16-34)12-6-11-32(2)3/h7-10,17-19H,5-6,11-16,20H2,1-4H3,(H,31,35). The van der Waals surface area contributed by atoms with Gasteiger partial charge in [-0.1, -0.05) is 13.0 Å². The number of nitrogens with zero attached hydrogens (tertiary/aromatic N) is 5. The number of methoxy groups -OCH3 is 1. The molecule has 0 atom stereocenters. The van der Waals surface area contributed by atoms with Crippen molar-refractivity contribution in [3.8, 4) is 17.0 Å². The first-order valence-electron chi connectivity index (χ1n) is 12.8. The molecule has 4 rings (SSSR count). The van der Waals surface area contributed by atoms with Crippen LogP contribution in [-0.2, 0) is 11.2 Å². The second-order valence-corrected chi connectivity index (χ2v) is 9.65. The number of aryl methyl sites for hydroxylation is 1. The van der Waals surface area contributed by atoms with Crippen LogP contribution in [0.4, 0.5) is 5.69 Å². The summed E-state index contributed by atoms with van der Waals surface area (Å²) in [6.45, 7) is 8.47. The Morgan fingerprint density at radius 1 is 1.08 bits per heavy atom. The molecule has 0 spiro atoms. The van der Waals surface area contributed by atoms with Crippen molar-refractivity contribution in [2.45, 2.75) is 19.8 Å². The molecule has 0 aliphatic carbocycles. The van der Waals surface area contributed by atoms with Gasteiger partial charge in [-0.05, 0) is 69.3 Å². The summed E-state index contributed by atoms with van der Waals surface area (Å²) in [7, 11) is 5.88. The maximum absolute atomic E-state index is 13.1. The molecule has 1 amide bonds. The number of fused-ring (bicyclic) bond motifs is 1. The fraction of sp³-hybridized carbons (Fsp3) is 0.464. The Labute approximate surface area is 214 Å². The van der Waals surface area contributed by atoms with E-state index in [1.165, 1.54) is 6.42 Å². The molecule has 8 heteroatoms. The Morgan fingerprint density at radius 2 is 1.86 bits per heavy atom. The monoisotopic (exact) mass is 490 g/mol. The van der Waals surface area contributed by atoms with Gasteiger partial charge in [0.15, 0.2) is 0 Å². The number of nitrogens with one attached hydrogen (secondary N) is 1. The summed E-state index contributed by atoms with van der Waals surface area (Å²) in [5.74, 6) is 1.55. The lowest BCUT2D eigenvalue weighted by atomic mass is 10.0. The average molecular weight is 491 g/mol. The van der Waals surface area contributed by atoms with E-state index in [2.05, 4.69) is 50.1 Å². The second kappa shape index (κ2) is 12.3. The summed E-state index contributed by atoms with van der Waals surface area (Å²) < 4.78 is 5.45. The molecule has 192 valence electrons. The quantitative estimate of drug-likeness (QED) is 0.467. The molecule has 8 nitrogen and oxygen atoms in total. The van der Waals surface area contributed by atoms with E-state index < -0.39 is 0 Å². The summed E-state index contributed by atoms with van der Waals surface area (Å²) in [5, 5.41) is 5.15. The number of carbonyl (C=O) groups is 1. The van der Waals surface area contributed by atoms with E-state index in [0.717, 1.165) is 85.0 Å². The van der Waals surface area contributed by atoms with Gasteiger partial charge in [0.1, 0.15) is 11.6 Å². The van der Waals surface area contributed by atoms with Crippen LogP contribution < -0.4 is 10.1 Å². The zero-order valence-corrected chi connectivity index (χ0v) is 22.0. The lowest BCUT2D eigenvalue weighted by molar-refractivity contribution is -0.117. The lowest BCUT2D eigenvalue weighted by Gasteiger charge is -2.34. The number of carbonyl (C=O) groups excluding carboxylic acids is 1. The van der Waals surface area contributed by atoms with Crippen LogP contribution in [0.2, 0.25) is 0 Å². The Morgan fingerprint density at radius 3 is 2.58 bits per heavy atom. The van der Waals surface area contributed by atoms with Gasteiger partial charge in [0.2, 0.25) is 5.91 Å². The van der Waals surface area contributed by atoms with Crippen molar-refractivity contribution in [2.75, 3.05) is 72.3 Å². The van der Waals surface area contributed by atoms with Gasteiger partial charge in [0, 0.05) is 55.4 Å². The predicted octanol–water partition coefficient (Wildman–Crippen LogP) is 3.38. The van der Waals surface area contributed by atoms with Crippen LogP contribution in [0.15, 0.2) is 42.6 Å². The normalized spacial score (nSPS) is 14.9. The maximum atomic E-state index is 13.1. The zero-order chi connectivity index (χ0) is 25.5. The molecule has 1 aliphatic rings. The predicted molar refractivity (Wildman–Crippen MR) is 146 cm³/mol. The van der Waals surface area contributed by atoms with Gasteiger partial charge >= 0.3 is 0 Å². The summed E-state index contributed by atoms with van der Waals surface area (Å²) in [4.78, 5) is 29.1. The summed E-state index contributed by atoms with van der Waals surface area (Å²) in [6.07, 6.45) is 3.73. The molecule has 0 unspecified atom stereocenters. The number of anilines is 1. The van der Waals surface area contributed by atoms with E-state index in [9.17, 15) is 4.79 Å². The Bertz CT molecular complexity index is 1170. The fourth-order valence-corrected chi connectivity index (χ4v) is 4.62. The maximum Gasteiger partial charge on any atom is 0.238 e. The SMILES string of the molecule is CCc1nccc(-c2cc(NC(=O)CN3CCN(CCCN(C)C)CC3)c3cc(OC)ccc3c2)n1. The topological polar surface area (TPSA) is 73.8 Å². The van der Waals surface area contributed by atoms with Gasteiger partial charge in [0.25, 0.3) is 0 Å². The molecule has 1 N–H and O–H groups in total. The highest BCUT2D eigenvalue weighted by Crippen LogP contribution is 2.33. The first kappa shape index (κ1) is 26.0. The molecule has 1 saturated heterocycles. The Kier molecular flexibility index (Phi) is 8.85. The Hall–Kier alpha value is -3.07. The van der Waals surface area contributed by atoms with Gasteiger partial charge in [-0.3, -0.25) is 9.69 Å². The molecule has 0 radical (unpaired) electrons. The average Bonchev–Trinajstić information content (AvgIpc) is 2.89. The van der Waals surface area contributed by atoms with Crippen LogP contribution in [-0.4, -0.2) is 97.6 Å². The fourth-order valence-electron chi connectivity index (χ4n) is 4.62. The van der Waals surface area contributed by atoms with Gasteiger partial charge in [-0.25, -0.2) is 9.97 Å². The minimum Gasteiger partial charge on any atom is -0.497 e. The first-order chi connectivity index (χ1) is 17.4. The molecule has 0 bridgehead atoms. The van der Waals surface area contributed by atoms with Crippen LogP contribution in [0, 0.1) is 0 Å². The molecule has 3 aromatic rings. The molecular formula is C28H38N6O2. The molecular weight excluding hydrogens is 452 g/mol. The van der Waals surface area contributed by atoms with E-state index in [1.54, 1.807) is 13.3 Å². The van der Waals surface area contributed by atoms with E-state index in [0.29, 0.717) is 6.54 Å². The van der Waals surface area contributed by atoms with Crippen LogP contribution in [0.5, 0.6) is 5.75 Å². The molecule has 0 saturated carbocycles. The minimum absolute atomic E-state index is 0.00531. The lowest BCUT2D eigenvalue weighted by Crippen LogP contribution is -2.49. The van der Waals surface area contributed by atoms with Crippen LogP contribution in [0.1, 0.15) is 19.2 Å². The zero-order valence-electron chi connectivity index (χ0n) is 22.0. The third-order valence-corrected chi connectivity index (χ3v) is 6.66. The number of hydrogen-bond acceptors (Lipinski definition) is 7. The van der Waals surface area contributed by atoms with E-state index >= 15 is 0 Å². The highest BCUT2D eigenvalue weighted by Gasteiger charge is 2.19. The molecule has 1 aromatic heterocycles. The number of amides is 1. The third-order valence-electron chi connectivity index (χ3n) is 6.66. The van der Waals surface area contributed by atoms with Crippen molar-refractivity contribution in [2.24, 2.45) is 0 Å². The molecule has 36 heavy (non-hydrogen) atoms. The van der Waals surface area contributed by atoms with Crippen molar-refractivity contribution >= 4 is 22.4 Å². The van der Waals surface area contributed by atoms with Gasteiger partial charge < -0.3 is 19.9 Å². The Balaban J connectivity index is 1.47. The number of piperazine rings is 1. The van der Waals surface area contributed by atoms with Crippen molar-refractivity contribution in [1.82, 2.24) is 24.7 Å². The minimum atomic E-state index is -0.00531. The largest absolute Gasteiger partial charge is 0.497 e. The number of hydrogen-bond donors (Lipinski definition) is 1. The highest BCUT2D eigenvalue weighted by atomic mass is 16.5. The molecule has 1 aliphatic heterocycles. The number of rotatable bonds is 10.